The number of carbonyl (C=O) groups excluding carboxylic acids is 1. The molecule has 0 saturated heterocycles. The SMILES string of the molecule is CNC(=O)C1CCC1N. The molecule has 1 fully saturated rings. The summed E-state index contributed by atoms with van der Waals surface area (Å²) in [6, 6.07) is 0.116. The molecular weight excluding hydrogens is 116 g/mol. The van der Waals surface area contributed by atoms with Crippen molar-refractivity contribution < 1.29 is 4.79 Å². The zero-order valence-electron chi connectivity index (χ0n) is 5.55. The molecule has 0 aromatic rings. The Bertz CT molecular complexity index is 124. The van der Waals surface area contributed by atoms with E-state index in [4.69, 9.17) is 5.73 Å². The van der Waals surface area contributed by atoms with Crippen LogP contribution in [0.1, 0.15) is 12.8 Å². The van der Waals surface area contributed by atoms with Crippen LogP contribution in [0, 0.1) is 5.92 Å². The minimum atomic E-state index is 0.0914. The van der Waals surface area contributed by atoms with Gasteiger partial charge < -0.3 is 11.1 Å². The van der Waals surface area contributed by atoms with Crippen LogP contribution >= 0.6 is 0 Å². The second-order valence-corrected chi connectivity index (χ2v) is 2.46. The normalized spacial score (nSPS) is 33.1. The molecule has 3 heteroatoms. The average molecular weight is 128 g/mol. The summed E-state index contributed by atoms with van der Waals surface area (Å²) in [6.45, 7) is 0. The van der Waals surface area contributed by atoms with E-state index in [1.807, 2.05) is 0 Å². The maximum absolute atomic E-state index is 10.8. The number of hydrogen-bond donors (Lipinski definition) is 2. The molecule has 1 aliphatic rings. The summed E-state index contributed by atoms with van der Waals surface area (Å²) in [5.74, 6) is 0.184. The number of hydrogen-bond acceptors (Lipinski definition) is 2. The van der Waals surface area contributed by atoms with Crippen LogP contribution in [0.2, 0.25) is 0 Å². The first-order valence-electron chi connectivity index (χ1n) is 3.23. The van der Waals surface area contributed by atoms with Gasteiger partial charge in [0.15, 0.2) is 0 Å². The fourth-order valence-electron chi connectivity index (χ4n) is 1.04. The lowest BCUT2D eigenvalue weighted by molar-refractivity contribution is -0.127. The monoisotopic (exact) mass is 128 g/mol. The number of amides is 1. The molecule has 1 amide bonds. The van der Waals surface area contributed by atoms with Crippen LogP contribution in [-0.2, 0) is 4.79 Å². The van der Waals surface area contributed by atoms with Crippen LogP contribution in [0.5, 0.6) is 0 Å². The lowest BCUT2D eigenvalue weighted by Crippen LogP contribution is -2.47. The zero-order valence-corrected chi connectivity index (χ0v) is 5.55. The third-order valence-electron chi connectivity index (χ3n) is 1.91. The van der Waals surface area contributed by atoms with Crippen LogP contribution in [0.4, 0.5) is 0 Å². The quantitative estimate of drug-likeness (QED) is 0.498. The Kier molecular flexibility index (Phi) is 1.71. The van der Waals surface area contributed by atoms with Crippen LogP contribution in [-0.4, -0.2) is 19.0 Å². The number of nitrogens with one attached hydrogen (secondary N) is 1. The third kappa shape index (κ3) is 1.05. The van der Waals surface area contributed by atoms with Crippen molar-refractivity contribution in [1.82, 2.24) is 5.32 Å². The Hall–Kier alpha value is -0.570. The van der Waals surface area contributed by atoms with Crippen molar-refractivity contribution in [1.29, 1.82) is 0 Å². The molecule has 1 aliphatic carbocycles. The molecule has 3 nitrogen and oxygen atoms in total. The highest BCUT2D eigenvalue weighted by molar-refractivity contribution is 5.79. The Morgan fingerprint density at radius 1 is 1.67 bits per heavy atom. The van der Waals surface area contributed by atoms with Crippen LogP contribution in [0.3, 0.4) is 0 Å². The van der Waals surface area contributed by atoms with Gasteiger partial charge in [-0.15, -0.1) is 0 Å². The highest BCUT2D eigenvalue weighted by atomic mass is 16.1. The van der Waals surface area contributed by atoms with Crippen LogP contribution in [0.25, 0.3) is 0 Å². The van der Waals surface area contributed by atoms with Crippen molar-refractivity contribution in [3.63, 3.8) is 0 Å². The average Bonchev–Trinajstić information content (AvgIpc) is 1.84. The van der Waals surface area contributed by atoms with E-state index in [0.29, 0.717) is 0 Å². The molecule has 3 N–H and O–H groups in total. The molecule has 2 atom stereocenters. The van der Waals surface area contributed by atoms with Gasteiger partial charge in [-0.1, -0.05) is 0 Å². The van der Waals surface area contributed by atoms with Gasteiger partial charge in [-0.25, -0.2) is 0 Å². The standard InChI is InChI=1S/C6H12N2O/c1-8-6(9)4-2-3-5(4)7/h4-5H,2-3,7H2,1H3,(H,8,9). The van der Waals surface area contributed by atoms with E-state index in [9.17, 15) is 4.79 Å². The van der Waals surface area contributed by atoms with E-state index in [-0.39, 0.29) is 17.9 Å². The molecule has 2 unspecified atom stereocenters. The maximum Gasteiger partial charge on any atom is 0.224 e. The molecule has 0 radical (unpaired) electrons. The molecule has 0 aromatic heterocycles. The molecule has 0 heterocycles. The summed E-state index contributed by atoms with van der Waals surface area (Å²) in [7, 11) is 1.65. The number of carbonyl (C=O) groups is 1. The van der Waals surface area contributed by atoms with Crippen molar-refractivity contribution in [2.45, 2.75) is 18.9 Å². The Balaban J connectivity index is 2.35. The molecule has 9 heavy (non-hydrogen) atoms. The van der Waals surface area contributed by atoms with Gasteiger partial charge in [0.05, 0.1) is 5.92 Å². The molecule has 1 rings (SSSR count). The first-order valence-corrected chi connectivity index (χ1v) is 3.23. The molecule has 52 valence electrons. The summed E-state index contributed by atoms with van der Waals surface area (Å²) >= 11 is 0. The van der Waals surface area contributed by atoms with Gasteiger partial charge in [-0.2, -0.15) is 0 Å². The van der Waals surface area contributed by atoms with E-state index in [0.717, 1.165) is 12.8 Å². The summed E-state index contributed by atoms with van der Waals surface area (Å²) in [6.07, 6.45) is 1.96. The molecule has 0 aliphatic heterocycles. The number of rotatable bonds is 1. The van der Waals surface area contributed by atoms with Gasteiger partial charge in [-0.3, -0.25) is 4.79 Å². The largest absolute Gasteiger partial charge is 0.359 e. The predicted molar refractivity (Wildman–Crippen MR) is 34.8 cm³/mol. The predicted octanol–water partition coefficient (Wildman–Crippen LogP) is -0.530. The summed E-state index contributed by atoms with van der Waals surface area (Å²) < 4.78 is 0. The molecule has 0 bridgehead atoms. The Morgan fingerprint density at radius 2 is 2.33 bits per heavy atom. The summed E-state index contributed by atoms with van der Waals surface area (Å²) in [4.78, 5) is 10.8. The van der Waals surface area contributed by atoms with Gasteiger partial charge in [0, 0.05) is 13.1 Å². The van der Waals surface area contributed by atoms with Gasteiger partial charge >= 0.3 is 0 Å². The molecule has 1 saturated carbocycles. The van der Waals surface area contributed by atoms with Gasteiger partial charge in [0.25, 0.3) is 0 Å². The first kappa shape index (κ1) is 6.55. The Labute approximate surface area is 54.6 Å². The van der Waals surface area contributed by atoms with Crippen molar-refractivity contribution >= 4 is 5.91 Å². The minimum absolute atomic E-state index is 0.0914. The molecule has 0 spiro atoms. The fourth-order valence-corrected chi connectivity index (χ4v) is 1.04. The van der Waals surface area contributed by atoms with E-state index in [1.54, 1.807) is 7.05 Å². The molecular formula is C6H12N2O. The summed E-state index contributed by atoms with van der Waals surface area (Å²) in [5, 5.41) is 2.58. The van der Waals surface area contributed by atoms with Gasteiger partial charge in [0.2, 0.25) is 5.91 Å². The third-order valence-corrected chi connectivity index (χ3v) is 1.91. The smallest absolute Gasteiger partial charge is 0.224 e. The maximum atomic E-state index is 10.8. The Morgan fingerprint density at radius 3 is 2.44 bits per heavy atom. The minimum Gasteiger partial charge on any atom is -0.359 e. The van der Waals surface area contributed by atoms with Crippen molar-refractivity contribution in [3.8, 4) is 0 Å². The first-order chi connectivity index (χ1) is 4.25. The van der Waals surface area contributed by atoms with Crippen molar-refractivity contribution in [2.24, 2.45) is 11.7 Å². The van der Waals surface area contributed by atoms with Crippen LogP contribution < -0.4 is 11.1 Å². The fraction of sp³-hybridized carbons (Fsp3) is 0.833. The topological polar surface area (TPSA) is 55.1 Å². The van der Waals surface area contributed by atoms with E-state index >= 15 is 0 Å². The van der Waals surface area contributed by atoms with E-state index in [2.05, 4.69) is 5.32 Å². The van der Waals surface area contributed by atoms with Gasteiger partial charge in [0.1, 0.15) is 0 Å². The second kappa shape index (κ2) is 2.35. The van der Waals surface area contributed by atoms with E-state index in [1.165, 1.54) is 0 Å². The van der Waals surface area contributed by atoms with Crippen LogP contribution in [0.15, 0.2) is 0 Å². The van der Waals surface area contributed by atoms with Crippen molar-refractivity contribution in [3.05, 3.63) is 0 Å². The lowest BCUT2D eigenvalue weighted by atomic mass is 9.80. The number of nitrogens with two attached hydrogens (primary N) is 1. The highest BCUT2D eigenvalue weighted by Crippen LogP contribution is 2.24. The van der Waals surface area contributed by atoms with Gasteiger partial charge in [-0.05, 0) is 12.8 Å². The zero-order chi connectivity index (χ0) is 6.85. The highest BCUT2D eigenvalue weighted by Gasteiger charge is 2.32. The lowest BCUT2D eigenvalue weighted by Gasteiger charge is -2.31. The second-order valence-electron chi connectivity index (χ2n) is 2.46. The van der Waals surface area contributed by atoms with E-state index < -0.39 is 0 Å². The molecule has 0 aromatic carbocycles. The van der Waals surface area contributed by atoms with Crippen molar-refractivity contribution in [2.75, 3.05) is 7.05 Å². The summed E-state index contributed by atoms with van der Waals surface area (Å²) in [5.41, 5.74) is 5.54.